The quantitative estimate of drug-likeness (QED) is 0.762. The lowest BCUT2D eigenvalue weighted by Gasteiger charge is -2.39. The first kappa shape index (κ1) is 22.3. The number of carbonyl (C=O) groups excluding carboxylic acids is 1. The predicted molar refractivity (Wildman–Crippen MR) is 124 cm³/mol. The van der Waals surface area contributed by atoms with Crippen LogP contribution in [0.25, 0.3) is 5.69 Å². The van der Waals surface area contributed by atoms with Gasteiger partial charge in [0.05, 0.1) is 5.69 Å². The molecule has 0 atom stereocenters. The van der Waals surface area contributed by atoms with E-state index in [1.807, 2.05) is 26.8 Å². The minimum Gasteiger partial charge on any atom is -0.444 e. The molecule has 4 rings (SSSR count). The van der Waals surface area contributed by atoms with Crippen molar-refractivity contribution in [3.8, 4) is 5.69 Å². The maximum Gasteiger partial charge on any atom is 0.407 e. The fraction of sp³-hybridized carbons (Fsp3) is 0.542. The Bertz CT molecular complexity index is 1030. The minimum atomic E-state index is -0.472. The minimum absolute atomic E-state index is 0.188. The van der Waals surface area contributed by atoms with Gasteiger partial charge in [-0.3, -0.25) is 9.47 Å². The zero-order chi connectivity index (χ0) is 22.9. The van der Waals surface area contributed by atoms with Gasteiger partial charge >= 0.3 is 11.8 Å². The molecule has 172 valence electrons. The highest BCUT2D eigenvalue weighted by atomic mass is 16.6. The Kier molecular flexibility index (Phi) is 6.24. The van der Waals surface area contributed by atoms with Crippen LogP contribution in [0.15, 0.2) is 35.3 Å². The number of benzene rings is 1. The summed E-state index contributed by atoms with van der Waals surface area (Å²) in [6.45, 7) is 7.56. The van der Waals surface area contributed by atoms with Gasteiger partial charge in [-0.05, 0) is 82.2 Å². The summed E-state index contributed by atoms with van der Waals surface area (Å²) in [7, 11) is 0. The summed E-state index contributed by atoms with van der Waals surface area (Å²) in [5, 5.41) is 3.02. The van der Waals surface area contributed by atoms with Crippen LogP contribution in [0.1, 0.15) is 57.6 Å². The van der Waals surface area contributed by atoms with Crippen molar-refractivity contribution in [1.82, 2.24) is 19.8 Å². The second-order valence-corrected chi connectivity index (χ2v) is 9.83. The molecule has 8 nitrogen and oxygen atoms in total. The third kappa shape index (κ3) is 5.30. The smallest absolute Gasteiger partial charge is 0.407 e. The molecule has 1 aliphatic carbocycles. The van der Waals surface area contributed by atoms with Crippen LogP contribution < -0.4 is 16.7 Å². The van der Waals surface area contributed by atoms with E-state index >= 15 is 0 Å². The van der Waals surface area contributed by atoms with Crippen LogP contribution in [0.4, 0.5) is 10.6 Å². The summed E-state index contributed by atoms with van der Waals surface area (Å²) in [6, 6.07) is 8.54. The van der Waals surface area contributed by atoms with Gasteiger partial charge in [-0.1, -0.05) is 6.07 Å². The Balaban J connectivity index is 1.34. The van der Waals surface area contributed by atoms with E-state index < -0.39 is 5.60 Å². The second-order valence-electron chi connectivity index (χ2n) is 9.83. The molecule has 2 aromatic rings. The normalized spacial score (nSPS) is 21.6. The van der Waals surface area contributed by atoms with Gasteiger partial charge in [0.15, 0.2) is 0 Å². The maximum absolute atomic E-state index is 12.2. The number of alkyl carbamates (subject to hydrolysis) is 1. The van der Waals surface area contributed by atoms with Crippen molar-refractivity contribution in [3.63, 3.8) is 0 Å². The molecule has 0 unspecified atom stereocenters. The zero-order valence-corrected chi connectivity index (χ0v) is 19.1. The van der Waals surface area contributed by atoms with Gasteiger partial charge in [-0.15, -0.1) is 0 Å². The van der Waals surface area contributed by atoms with Crippen LogP contribution in [0, 0.1) is 0 Å². The summed E-state index contributed by atoms with van der Waals surface area (Å²) >= 11 is 0. The number of nitrogens with zero attached hydrogens (tertiary/aromatic N) is 3. The second kappa shape index (κ2) is 8.94. The average molecular weight is 440 g/mol. The third-order valence-electron chi connectivity index (χ3n) is 6.27. The van der Waals surface area contributed by atoms with Crippen molar-refractivity contribution in [2.24, 2.45) is 0 Å². The van der Waals surface area contributed by atoms with Gasteiger partial charge in [-0.2, -0.15) is 4.98 Å². The third-order valence-corrected chi connectivity index (χ3v) is 6.27. The van der Waals surface area contributed by atoms with E-state index in [9.17, 15) is 9.59 Å². The van der Waals surface area contributed by atoms with Gasteiger partial charge in [-0.25, -0.2) is 9.59 Å². The molecule has 2 heterocycles. The molecule has 0 spiro atoms. The Labute approximate surface area is 188 Å². The number of amides is 1. The first-order chi connectivity index (χ1) is 15.2. The molecular formula is C24H33N5O3. The lowest BCUT2D eigenvalue weighted by Crippen LogP contribution is -2.46. The molecule has 3 N–H and O–H groups in total. The molecular weight excluding hydrogens is 406 g/mol. The number of hydrogen-bond acceptors (Lipinski definition) is 6. The highest BCUT2D eigenvalue weighted by Crippen LogP contribution is 2.29. The monoisotopic (exact) mass is 439 g/mol. The summed E-state index contributed by atoms with van der Waals surface area (Å²) in [5.74, 6) is 0.232. The number of aromatic nitrogens is 2. The molecule has 1 amide bonds. The lowest BCUT2D eigenvalue weighted by molar-refractivity contribution is 0.0473. The van der Waals surface area contributed by atoms with Gasteiger partial charge in [0, 0.05) is 31.4 Å². The van der Waals surface area contributed by atoms with Crippen LogP contribution in [-0.2, 0) is 17.7 Å². The fourth-order valence-corrected chi connectivity index (χ4v) is 4.70. The molecule has 0 radical (unpaired) electrons. The van der Waals surface area contributed by atoms with E-state index in [1.165, 1.54) is 15.7 Å². The van der Waals surface area contributed by atoms with E-state index in [1.54, 1.807) is 12.3 Å². The Morgan fingerprint density at radius 2 is 1.91 bits per heavy atom. The molecule has 1 aliphatic heterocycles. The van der Waals surface area contributed by atoms with E-state index in [4.69, 9.17) is 10.5 Å². The molecule has 8 heteroatoms. The molecule has 1 fully saturated rings. The maximum atomic E-state index is 12.2. The van der Waals surface area contributed by atoms with E-state index in [2.05, 4.69) is 27.3 Å². The van der Waals surface area contributed by atoms with Gasteiger partial charge in [0.2, 0.25) is 0 Å². The number of nitrogens with one attached hydrogen (secondary N) is 1. The Morgan fingerprint density at radius 1 is 1.16 bits per heavy atom. The van der Waals surface area contributed by atoms with Crippen LogP contribution in [-0.4, -0.2) is 44.8 Å². The van der Waals surface area contributed by atoms with Crippen molar-refractivity contribution in [2.75, 3.05) is 12.3 Å². The van der Waals surface area contributed by atoms with Crippen molar-refractivity contribution < 1.29 is 9.53 Å². The largest absolute Gasteiger partial charge is 0.444 e. The van der Waals surface area contributed by atoms with Gasteiger partial charge in [0.25, 0.3) is 0 Å². The Morgan fingerprint density at radius 3 is 2.59 bits per heavy atom. The van der Waals surface area contributed by atoms with Crippen LogP contribution in [0.2, 0.25) is 0 Å². The topological polar surface area (TPSA) is 102 Å². The number of hydrogen-bond donors (Lipinski definition) is 2. The number of ether oxygens (including phenoxy) is 1. The highest BCUT2D eigenvalue weighted by Gasteiger charge is 2.29. The molecule has 32 heavy (non-hydrogen) atoms. The van der Waals surface area contributed by atoms with Crippen molar-refractivity contribution in [2.45, 2.75) is 77.1 Å². The number of nitrogen functional groups attached to an aromatic ring is 1. The molecule has 1 aromatic heterocycles. The number of carbonyl (C=O) groups is 1. The molecule has 1 saturated carbocycles. The lowest BCUT2D eigenvalue weighted by atomic mass is 9.88. The van der Waals surface area contributed by atoms with Crippen LogP contribution >= 0.6 is 0 Å². The number of anilines is 1. The summed E-state index contributed by atoms with van der Waals surface area (Å²) in [5.41, 5.74) is 8.18. The van der Waals surface area contributed by atoms with Crippen molar-refractivity contribution in [1.29, 1.82) is 0 Å². The standard InChI is InChI=1S/C24H33N5O3/c1-24(2,3)32-23(31)26-18-5-8-19(9-6-18)28-12-10-16-14-20(7-4-17(16)15-28)29-13-11-21(25)27-22(29)30/h4,7,11,13-14,18-19H,5-6,8-10,12,15H2,1-3H3,(H,26,31)(H2,25,27,30). The Hall–Kier alpha value is -2.87. The number of rotatable bonds is 3. The first-order valence-electron chi connectivity index (χ1n) is 11.4. The van der Waals surface area contributed by atoms with E-state index in [0.29, 0.717) is 6.04 Å². The highest BCUT2D eigenvalue weighted by molar-refractivity contribution is 5.68. The summed E-state index contributed by atoms with van der Waals surface area (Å²) in [6.07, 6.45) is 6.39. The SMILES string of the molecule is CC(C)(C)OC(=O)NC1CCC(N2CCc3cc(-n4ccc(N)nc4=O)ccc3C2)CC1. The predicted octanol–water partition coefficient (Wildman–Crippen LogP) is 3.01. The van der Waals surface area contributed by atoms with Crippen LogP contribution in [0.5, 0.6) is 0 Å². The van der Waals surface area contributed by atoms with Crippen molar-refractivity contribution in [3.05, 3.63) is 52.1 Å². The van der Waals surface area contributed by atoms with Gasteiger partial charge < -0.3 is 15.8 Å². The van der Waals surface area contributed by atoms with E-state index in [-0.39, 0.29) is 23.6 Å². The zero-order valence-electron chi connectivity index (χ0n) is 19.1. The molecule has 2 aliphatic rings. The van der Waals surface area contributed by atoms with E-state index in [0.717, 1.165) is 50.9 Å². The first-order valence-corrected chi connectivity index (χ1v) is 11.4. The fourth-order valence-electron chi connectivity index (χ4n) is 4.70. The number of nitrogens with two attached hydrogens (primary N) is 1. The molecule has 0 saturated heterocycles. The van der Waals surface area contributed by atoms with Crippen molar-refractivity contribution >= 4 is 11.9 Å². The van der Waals surface area contributed by atoms with Crippen LogP contribution in [0.3, 0.4) is 0 Å². The number of fused-ring (bicyclic) bond motifs is 1. The molecule has 1 aromatic carbocycles. The average Bonchev–Trinajstić information content (AvgIpc) is 2.72. The summed E-state index contributed by atoms with van der Waals surface area (Å²) in [4.78, 5) is 30.6. The summed E-state index contributed by atoms with van der Waals surface area (Å²) < 4.78 is 6.92. The van der Waals surface area contributed by atoms with Gasteiger partial charge in [0.1, 0.15) is 11.4 Å². The molecule has 0 bridgehead atoms.